The van der Waals surface area contributed by atoms with Crippen LogP contribution in [0.1, 0.15) is 31.9 Å². The van der Waals surface area contributed by atoms with Crippen molar-refractivity contribution < 1.29 is 14.3 Å². The van der Waals surface area contributed by atoms with Crippen LogP contribution in [0.15, 0.2) is 17.1 Å². The number of guanidine groups is 1. The first-order valence-corrected chi connectivity index (χ1v) is 9.67. The van der Waals surface area contributed by atoms with Gasteiger partial charge in [-0.3, -0.25) is 4.79 Å². The van der Waals surface area contributed by atoms with Gasteiger partial charge in [0.25, 0.3) is 0 Å². The van der Waals surface area contributed by atoms with Crippen molar-refractivity contribution in [2.24, 2.45) is 4.99 Å². The summed E-state index contributed by atoms with van der Waals surface area (Å²) in [5, 5.41) is 3.36. The van der Waals surface area contributed by atoms with Gasteiger partial charge in [0.2, 0.25) is 5.91 Å². The minimum absolute atomic E-state index is 0. The largest absolute Gasteiger partial charge is 0.496 e. The highest BCUT2D eigenvalue weighted by atomic mass is 127. The van der Waals surface area contributed by atoms with E-state index in [-0.39, 0.29) is 36.0 Å². The Morgan fingerprint density at radius 2 is 1.96 bits per heavy atom. The van der Waals surface area contributed by atoms with E-state index in [0.717, 1.165) is 62.2 Å². The second kappa shape index (κ2) is 10.2. The Bertz CT molecular complexity index is 718. The van der Waals surface area contributed by atoms with Crippen molar-refractivity contribution in [1.82, 2.24) is 15.1 Å². The van der Waals surface area contributed by atoms with Crippen LogP contribution in [0.25, 0.3) is 0 Å². The molecule has 0 bridgehead atoms. The number of hydrogen-bond acceptors (Lipinski definition) is 4. The molecule has 1 fully saturated rings. The predicted molar refractivity (Wildman–Crippen MR) is 121 cm³/mol. The molecule has 0 aromatic heterocycles. The van der Waals surface area contributed by atoms with Crippen molar-refractivity contribution in [2.75, 3.05) is 39.8 Å². The number of nitrogens with zero attached hydrogens (tertiary/aromatic N) is 3. The monoisotopic (exact) mass is 502 g/mol. The Balaban J connectivity index is 0.00000280. The fourth-order valence-electron chi connectivity index (χ4n) is 3.61. The summed E-state index contributed by atoms with van der Waals surface area (Å²) in [6, 6.07) is 4.13. The van der Waals surface area contributed by atoms with Crippen molar-refractivity contribution >= 4 is 35.8 Å². The smallest absolute Gasteiger partial charge is 0.219 e. The van der Waals surface area contributed by atoms with Crippen LogP contribution < -0.4 is 14.8 Å². The molecule has 28 heavy (non-hydrogen) atoms. The number of benzene rings is 1. The van der Waals surface area contributed by atoms with Gasteiger partial charge in [0.1, 0.15) is 17.6 Å². The third kappa shape index (κ3) is 5.21. The molecule has 1 saturated heterocycles. The molecular weight excluding hydrogens is 471 g/mol. The number of carbonyl (C=O) groups is 1. The van der Waals surface area contributed by atoms with E-state index in [9.17, 15) is 4.79 Å². The van der Waals surface area contributed by atoms with Gasteiger partial charge in [0, 0.05) is 57.2 Å². The molecule has 1 unspecified atom stereocenters. The van der Waals surface area contributed by atoms with Crippen molar-refractivity contribution in [2.45, 2.75) is 39.8 Å². The minimum Gasteiger partial charge on any atom is -0.496 e. The van der Waals surface area contributed by atoms with Crippen LogP contribution in [0.5, 0.6) is 11.5 Å². The first-order chi connectivity index (χ1) is 13.0. The number of methoxy groups -OCH3 is 1. The second-order valence-electron chi connectivity index (χ2n) is 7.07. The molecule has 156 valence electrons. The van der Waals surface area contributed by atoms with E-state index in [1.807, 2.05) is 4.90 Å². The van der Waals surface area contributed by atoms with E-state index in [1.165, 1.54) is 5.56 Å². The Hall–Kier alpha value is -1.71. The van der Waals surface area contributed by atoms with Crippen molar-refractivity contribution in [1.29, 1.82) is 0 Å². The first kappa shape index (κ1) is 22.6. The molecule has 1 aromatic carbocycles. The molecule has 0 aliphatic carbocycles. The quantitative estimate of drug-likeness (QED) is 0.389. The highest BCUT2D eigenvalue weighted by Gasteiger charge is 2.23. The van der Waals surface area contributed by atoms with Gasteiger partial charge in [-0.25, -0.2) is 4.99 Å². The van der Waals surface area contributed by atoms with Gasteiger partial charge >= 0.3 is 0 Å². The van der Waals surface area contributed by atoms with Crippen LogP contribution in [-0.4, -0.2) is 67.6 Å². The van der Waals surface area contributed by atoms with Gasteiger partial charge in [-0.05, 0) is 26.0 Å². The molecule has 3 rings (SSSR count). The van der Waals surface area contributed by atoms with Crippen molar-refractivity contribution in [3.63, 3.8) is 0 Å². The molecule has 2 heterocycles. The lowest BCUT2D eigenvalue weighted by molar-refractivity contribution is -0.130. The maximum Gasteiger partial charge on any atom is 0.219 e. The number of rotatable bonds is 4. The van der Waals surface area contributed by atoms with Crippen LogP contribution in [0.4, 0.5) is 0 Å². The van der Waals surface area contributed by atoms with E-state index >= 15 is 0 Å². The predicted octanol–water partition coefficient (Wildman–Crippen LogP) is 2.27. The van der Waals surface area contributed by atoms with E-state index in [0.29, 0.717) is 6.54 Å². The molecule has 7 nitrogen and oxygen atoms in total. The molecule has 2 aliphatic rings. The minimum atomic E-state index is 0. The zero-order valence-electron chi connectivity index (χ0n) is 17.2. The summed E-state index contributed by atoms with van der Waals surface area (Å²) in [5.74, 6) is 2.80. The van der Waals surface area contributed by atoms with Crippen molar-refractivity contribution in [3.05, 3.63) is 23.3 Å². The zero-order chi connectivity index (χ0) is 19.4. The van der Waals surface area contributed by atoms with Crippen LogP contribution >= 0.6 is 24.0 Å². The molecule has 2 aliphatic heterocycles. The Morgan fingerprint density at radius 3 is 2.57 bits per heavy atom. The highest BCUT2D eigenvalue weighted by Crippen LogP contribution is 2.35. The third-order valence-corrected chi connectivity index (χ3v) is 5.06. The van der Waals surface area contributed by atoms with Gasteiger partial charge in [-0.1, -0.05) is 0 Å². The lowest BCUT2D eigenvalue weighted by Crippen LogP contribution is -2.53. The van der Waals surface area contributed by atoms with Gasteiger partial charge < -0.3 is 24.6 Å². The maximum absolute atomic E-state index is 11.5. The molecule has 0 saturated carbocycles. The number of fused-ring (bicyclic) bond motifs is 1. The third-order valence-electron chi connectivity index (χ3n) is 5.06. The topological polar surface area (TPSA) is 66.4 Å². The lowest BCUT2D eigenvalue weighted by atomic mass is 10.1. The van der Waals surface area contributed by atoms with Gasteiger partial charge in [-0.15, -0.1) is 24.0 Å². The van der Waals surface area contributed by atoms with Gasteiger partial charge in [0.05, 0.1) is 13.7 Å². The molecule has 1 amide bonds. The summed E-state index contributed by atoms with van der Waals surface area (Å²) in [4.78, 5) is 20.4. The van der Waals surface area contributed by atoms with Gasteiger partial charge in [-0.2, -0.15) is 0 Å². The Kier molecular flexibility index (Phi) is 8.21. The van der Waals surface area contributed by atoms with E-state index in [4.69, 9.17) is 14.5 Å². The number of nitrogens with one attached hydrogen (secondary N) is 1. The zero-order valence-corrected chi connectivity index (χ0v) is 19.5. The van der Waals surface area contributed by atoms with Crippen LogP contribution in [-0.2, 0) is 17.8 Å². The standard InChI is InChI=1S/C20H30N4O3.HI/c1-5-21-20(24-8-6-23(7-9-24)15(3)25)22-13-17-12-19-16(10-14(2)27-19)11-18(17)26-4;/h11-12,14H,5-10,13H2,1-4H3,(H,21,22);1H. The van der Waals surface area contributed by atoms with Crippen LogP contribution in [0, 0.1) is 0 Å². The molecule has 0 spiro atoms. The summed E-state index contributed by atoms with van der Waals surface area (Å²) in [5.41, 5.74) is 2.21. The lowest BCUT2D eigenvalue weighted by Gasteiger charge is -2.36. The fraction of sp³-hybridized carbons (Fsp3) is 0.600. The first-order valence-electron chi connectivity index (χ1n) is 9.67. The summed E-state index contributed by atoms with van der Waals surface area (Å²) < 4.78 is 11.5. The average molecular weight is 502 g/mol. The van der Waals surface area contributed by atoms with Crippen LogP contribution in [0.3, 0.4) is 0 Å². The van der Waals surface area contributed by atoms with E-state index in [1.54, 1.807) is 14.0 Å². The summed E-state index contributed by atoms with van der Waals surface area (Å²) in [6.45, 7) is 10.1. The molecule has 8 heteroatoms. The molecule has 1 atom stereocenters. The molecule has 1 N–H and O–H groups in total. The Morgan fingerprint density at radius 1 is 1.29 bits per heavy atom. The maximum atomic E-state index is 11.5. The summed E-state index contributed by atoms with van der Waals surface area (Å²) in [6.07, 6.45) is 1.12. The number of piperazine rings is 1. The molecule has 0 radical (unpaired) electrons. The van der Waals surface area contributed by atoms with Crippen molar-refractivity contribution in [3.8, 4) is 11.5 Å². The van der Waals surface area contributed by atoms with Gasteiger partial charge in [0.15, 0.2) is 5.96 Å². The fourth-order valence-corrected chi connectivity index (χ4v) is 3.61. The number of hydrogen-bond donors (Lipinski definition) is 1. The number of halogens is 1. The number of amides is 1. The SMILES string of the molecule is CCNC(=NCc1cc2c(cc1OC)CC(C)O2)N1CCN(C(C)=O)CC1.I. The summed E-state index contributed by atoms with van der Waals surface area (Å²) in [7, 11) is 1.69. The highest BCUT2D eigenvalue weighted by molar-refractivity contribution is 14.0. The van der Waals surface area contributed by atoms with E-state index < -0.39 is 0 Å². The average Bonchev–Trinajstić information content (AvgIpc) is 3.03. The molecule has 1 aromatic rings. The summed E-state index contributed by atoms with van der Waals surface area (Å²) >= 11 is 0. The van der Waals surface area contributed by atoms with Crippen LogP contribution in [0.2, 0.25) is 0 Å². The Labute approximate surface area is 184 Å². The number of ether oxygens (including phenoxy) is 2. The number of aliphatic imine (C=N–C) groups is 1. The number of carbonyl (C=O) groups excluding carboxylic acids is 1. The normalized spacial score (nSPS) is 18.9. The van der Waals surface area contributed by atoms with E-state index in [2.05, 4.69) is 36.2 Å². The second-order valence-corrected chi connectivity index (χ2v) is 7.07. The molecular formula is C20H31IN4O3.